The van der Waals surface area contributed by atoms with Crippen molar-refractivity contribution >= 4 is 0 Å². The van der Waals surface area contributed by atoms with Gasteiger partial charge in [0.25, 0.3) is 0 Å². The van der Waals surface area contributed by atoms with Crippen LogP contribution in [0.1, 0.15) is 42.5 Å². The average molecular weight is 379 g/mol. The van der Waals surface area contributed by atoms with Gasteiger partial charge in [0, 0.05) is 38.8 Å². The number of aryl methyl sites for hydroxylation is 2. The van der Waals surface area contributed by atoms with Crippen molar-refractivity contribution in [1.82, 2.24) is 9.80 Å². The van der Waals surface area contributed by atoms with Crippen molar-refractivity contribution in [2.45, 2.75) is 52.1 Å². The second-order valence-electron chi connectivity index (χ2n) is 9.39. The highest BCUT2D eigenvalue weighted by atomic mass is 16.3. The summed E-state index contributed by atoms with van der Waals surface area (Å²) in [5, 5.41) is 10.0. The van der Waals surface area contributed by atoms with E-state index in [4.69, 9.17) is 0 Å². The Morgan fingerprint density at radius 2 is 1.89 bits per heavy atom. The quantitative estimate of drug-likeness (QED) is 0.852. The summed E-state index contributed by atoms with van der Waals surface area (Å²) in [7, 11) is 0. The van der Waals surface area contributed by atoms with Gasteiger partial charge in [-0.25, -0.2) is 0 Å². The molecule has 4 rings (SSSR count). The molecular formula is C25H34N2O. The standard InChI is InChI=1S/C25H34N2O/c1-18-8-9-19(2)21(12-18)16-26-10-11-27-15-20(3)25(4,14-23(27)17-26)22-6-5-7-24(28)13-22/h5-9,12-13,20,23,28H,10-11,14-17H2,1-4H3. The molecule has 0 bridgehead atoms. The molecule has 0 spiro atoms. The molecule has 0 aliphatic carbocycles. The lowest BCUT2D eigenvalue weighted by atomic mass is 9.65. The molecule has 3 heteroatoms. The van der Waals surface area contributed by atoms with Crippen LogP contribution in [0.25, 0.3) is 0 Å². The van der Waals surface area contributed by atoms with Crippen molar-refractivity contribution < 1.29 is 5.11 Å². The van der Waals surface area contributed by atoms with E-state index in [-0.39, 0.29) is 5.41 Å². The minimum atomic E-state index is 0.113. The van der Waals surface area contributed by atoms with Gasteiger partial charge in [0.05, 0.1) is 0 Å². The molecule has 1 N–H and O–H groups in total. The number of fused-ring (bicyclic) bond motifs is 1. The van der Waals surface area contributed by atoms with Crippen molar-refractivity contribution in [2.24, 2.45) is 5.92 Å². The van der Waals surface area contributed by atoms with Gasteiger partial charge in [-0.05, 0) is 60.4 Å². The fourth-order valence-corrected chi connectivity index (χ4v) is 5.25. The molecule has 3 atom stereocenters. The summed E-state index contributed by atoms with van der Waals surface area (Å²) in [6, 6.07) is 15.3. The van der Waals surface area contributed by atoms with Crippen LogP contribution in [0.15, 0.2) is 42.5 Å². The zero-order valence-corrected chi connectivity index (χ0v) is 17.8. The number of hydrogen-bond donors (Lipinski definition) is 1. The summed E-state index contributed by atoms with van der Waals surface area (Å²) < 4.78 is 0. The van der Waals surface area contributed by atoms with Crippen LogP contribution in [0.3, 0.4) is 0 Å². The topological polar surface area (TPSA) is 26.7 Å². The second kappa shape index (κ2) is 7.53. The van der Waals surface area contributed by atoms with E-state index in [9.17, 15) is 5.11 Å². The molecule has 2 aliphatic heterocycles. The van der Waals surface area contributed by atoms with Crippen molar-refractivity contribution in [3.63, 3.8) is 0 Å². The molecule has 0 aromatic heterocycles. The molecular weight excluding hydrogens is 344 g/mol. The molecule has 0 amide bonds. The van der Waals surface area contributed by atoms with Crippen LogP contribution in [-0.4, -0.2) is 47.1 Å². The van der Waals surface area contributed by atoms with Gasteiger partial charge in [-0.15, -0.1) is 0 Å². The van der Waals surface area contributed by atoms with Gasteiger partial charge in [-0.1, -0.05) is 49.7 Å². The molecule has 28 heavy (non-hydrogen) atoms. The molecule has 2 aromatic rings. The third kappa shape index (κ3) is 3.70. The number of aromatic hydroxyl groups is 1. The first-order valence-electron chi connectivity index (χ1n) is 10.7. The lowest BCUT2D eigenvalue weighted by Gasteiger charge is -2.53. The lowest BCUT2D eigenvalue weighted by molar-refractivity contribution is -0.00562. The molecule has 0 radical (unpaired) electrons. The largest absolute Gasteiger partial charge is 0.508 e. The smallest absolute Gasteiger partial charge is 0.115 e. The number of rotatable bonds is 3. The Morgan fingerprint density at radius 1 is 1.07 bits per heavy atom. The summed E-state index contributed by atoms with van der Waals surface area (Å²) >= 11 is 0. The monoisotopic (exact) mass is 378 g/mol. The first-order chi connectivity index (χ1) is 13.3. The molecule has 0 saturated carbocycles. The normalized spacial score (nSPS) is 28.9. The zero-order valence-electron chi connectivity index (χ0n) is 17.8. The van der Waals surface area contributed by atoms with E-state index in [0.717, 1.165) is 39.1 Å². The highest BCUT2D eigenvalue weighted by Crippen LogP contribution is 2.43. The van der Waals surface area contributed by atoms with E-state index in [2.05, 4.69) is 61.8 Å². The maximum atomic E-state index is 10.0. The Kier molecular flexibility index (Phi) is 5.24. The van der Waals surface area contributed by atoms with Crippen molar-refractivity contribution in [1.29, 1.82) is 0 Å². The van der Waals surface area contributed by atoms with Crippen LogP contribution in [0.2, 0.25) is 0 Å². The fraction of sp³-hybridized carbons (Fsp3) is 0.520. The van der Waals surface area contributed by atoms with E-state index < -0.39 is 0 Å². The van der Waals surface area contributed by atoms with Gasteiger partial charge < -0.3 is 5.11 Å². The molecule has 150 valence electrons. The Morgan fingerprint density at radius 3 is 2.68 bits per heavy atom. The Labute approximate surface area is 170 Å². The van der Waals surface area contributed by atoms with Crippen molar-refractivity contribution in [2.75, 3.05) is 26.2 Å². The van der Waals surface area contributed by atoms with E-state index in [1.807, 2.05) is 12.1 Å². The molecule has 2 aromatic carbocycles. The van der Waals surface area contributed by atoms with Gasteiger partial charge >= 0.3 is 0 Å². The second-order valence-corrected chi connectivity index (χ2v) is 9.39. The van der Waals surface area contributed by atoms with Crippen LogP contribution in [0.5, 0.6) is 5.75 Å². The number of phenols is 1. The highest BCUT2D eigenvalue weighted by Gasteiger charge is 2.44. The highest BCUT2D eigenvalue weighted by molar-refractivity contribution is 5.34. The first kappa shape index (κ1) is 19.5. The molecule has 3 unspecified atom stereocenters. The third-order valence-electron chi connectivity index (χ3n) is 7.35. The average Bonchev–Trinajstić information content (AvgIpc) is 2.66. The first-order valence-corrected chi connectivity index (χ1v) is 10.7. The SMILES string of the molecule is Cc1ccc(C)c(CN2CCN3CC(C)C(C)(c4cccc(O)c4)CC3C2)c1. The van der Waals surface area contributed by atoms with Crippen LogP contribution >= 0.6 is 0 Å². The summed E-state index contributed by atoms with van der Waals surface area (Å²) in [5.74, 6) is 0.963. The Bertz CT molecular complexity index is 848. The van der Waals surface area contributed by atoms with Gasteiger partial charge in [-0.3, -0.25) is 9.80 Å². The van der Waals surface area contributed by atoms with E-state index in [1.54, 1.807) is 6.07 Å². The van der Waals surface area contributed by atoms with Crippen molar-refractivity contribution in [3.05, 3.63) is 64.7 Å². The molecule has 2 fully saturated rings. The van der Waals surface area contributed by atoms with Gasteiger partial charge in [0.15, 0.2) is 0 Å². The Balaban J connectivity index is 1.51. The fourth-order valence-electron chi connectivity index (χ4n) is 5.25. The van der Waals surface area contributed by atoms with Crippen molar-refractivity contribution in [3.8, 4) is 5.75 Å². The van der Waals surface area contributed by atoms with Crippen LogP contribution in [0.4, 0.5) is 0 Å². The minimum Gasteiger partial charge on any atom is -0.508 e. The lowest BCUT2D eigenvalue weighted by Crippen LogP contribution is -2.60. The minimum absolute atomic E-state index is 0.113. The predicted molar refractivity (Wildman–Crippen MR) is 116 cm³/mol. The van der Waals surface area contributed by atoms with Gasteiger partial charge in [-0.2, -0.15) is 0 Å². The van der Waals surface area contributed by atoms with Gasteiger partial charge in [0.2, 0.25) is 0 Å². The third-order valence-corrected chi connectivity index (χ3v) is 7.35. The predicted octanol–water partition coefficient (Wildman–Crippen LogP) is 4.49. The van der Waals surface area contributed by atoms with Crippen LogP contribution in [-0.2, 0) is 12.0 Å². The number of piperidine rings is 1. The Hall–Kier alpha value is -1.84. The summed E-state index contributed by atoms with van der Waals surface area (Å²) in [6.45, 7) is 14.8. The maximum Gasteiger partial charge on any atom is 0.115 e. The number of phenolic OH excluding ortho intramolecular Hbond substituents is 1. The maximum absolute atomic E-state index is 10.0. The molecule has 2 aliphatic rings. The van der Waals surface area contributed by atoms with E-state index in [0.29, 0.717) is 17.7 Å². The van der Waals surface area contributed by atoms with Crippen LogP contribution in [0, 0.1) is 19.8 Å². The molecule has 3 nitrogen and oxygen atoms in total. The van der Waals surface area contributed by atoms with E-state index in [1.165, 1.54) is 22.3 Å². The summed E-state index contributed by atoms with van der Waals surface area (Å²) in [6.07, 6.45) is 1.15. The van der Waals surface area contributed by atoms with E-state index >= 15 is 0 Å². The zero-order chi connectivity index (χ0) is 19.9. The number of piperazine rings is 1. The van der Waals surface area contributed by atoms with Crippen LogP contribution < -0.4 is 0 Å². The summed E-state index contributed by atoms with van der Waals surface area (Å²) in [4.78, 5) is 5.34. The summed E-state index contributed by atoms with van der Waals surface area (Å²) in [5.41, 5.74) is 5.61. The number of hydrogen-bond acceptors (Lipinski definition) is 3. The molecule has 2 saturated heterocycles. The molecule has 2 heterocycles. The van der Waals surface area contributed by atoms with Gasteiger partial charge in [0.1, 0.15) is 5.75 Å². The number of benzene rings is 2. The number of nitrogens with zero attached hydrogens (tertiary/aromatic N) is 2.